The van der Waals surface area contributed by atoms with Gasteiger partial charge in [0.25, 0.3) is 0 Å². The SMILES string of the molecule is CC(N)N1C=CNC=C1. The van der Waals surface area contributed by atoms with Crippen LogP contribution in [0.4, 0.5) is 0 Å². The van der Waals surface area contributed by atoms with Crippen LogP contribution in [-0.2, 0) is 0 Å². The van der Waals surface area contributed by atoms with Crippen molar-refractivity contribution < 1.29 is 0 Å². The van der Waals surface area contributed by atoms with E-state index in [0.29, 0.717) is 0 Å². The van der Waals surface area contributed by atoms with Gasteiger partial charge in [0.1, 0.15) is 0 Å². The zero-order chi connectivity index (χ0) is 6.69. The molecule has 0 spiro atoms. The molecular formula is C6H11N3. The summed E-state index contributed by atoms with van der Waals surface area (Å²) in [4.78, 5) is 1.91. The molecule has 0 saturated carbocycles. The van der Waals surface area contributed by atoms with Crippen molar-refractivity contribution in [2.45, 2.75) is 13.1 Å². The van der Waals surface area contributed by atoms with Gasteiger partial charge in [-0.2, -0.15) is 0 Å². The molecule has 3 nitrogen and oxygen atoms in total. The van der Waals surface area contributed by atoms with E-state index >= 15 is 0 Å². The van der Waals surface area contributed by atoms with Crippen LogP contribution in [0.3, 0.4) is 0 Å². The average Bonchev–Trinajstić information content (AvgIpc) is 1.90. The Morgan fingerprint density at radius 3 is 2.33 bits per heavy atom. The second-order valence-corrected chi connectivity index (χ2v) is 1.99. The molecule has 3 N–H and O–H groups in total. The number of hydrogen-bond donors (Lipinski definition) is 2. The maximum Gasteiger partial charge on any atom is 0.0781 e. The van der Waals surface area contributed by atoms with Crippen LogP contribution in [0, 0.1) is 0 Å². The van der Waals surface area contributed by atoms with Gasteiger partial charge in [0.2, 0.25) is 0 Å². The smallest absolute Gasteiger partial charge is 0.0781 e. The first-order valence-corrected chi connectivity index (χ1v) is 2.93. The van der Waals surface area contributed by atoms with Crippen LogP contribution in [0.5, 0.6) is 0 Å². The minimum Gasteiger partial charge on any atom is -0.365 e. The number of rotatable bonds is 1. The summed E-state index contributed by atoms with van der Waals surface area (Å²) in [6.07, 6.45) is 7.52. The predicted molar refractivity (Wildman–Crippen MR) is 36.9 cm³/mol. The lowest BCUT2D eigenvalue weighted by Gasteiger charge is -2.21. The van der Waals surface area contributed by atoms with E-state index in [1.165, 1.54) is 0 Å². The topological polar surface area (TPSA) is 41.3 Å². The Balaban J connectivity index is 2.49. The fraction of sp³-hybridized carbons (Fsp3) is 0.333. The van der Waals surface area contributed by atoms with Gasteiger partial charge in [-0.25, -0.2) is 0 Å². The summed E-state index contributed by atoms with van der Waals surface area (Å²) in [6, 6.07) is 0. The van der Waals surface area contributed by atoms with Crippen LogP contribution >= 0.6 is 0 Å². The maximum atomic E-state index is 5.56. The lowest BCUT2D eigenvalue weighted by atomic mass is 10.5. The first-order chi connectivity index (χ1) is 4.30. The third-order valence-electron chi connectivity index (χ3n) is 1.16. The molecule has 0 aromatic rings. The molecule has 0 aromatic carbocycles. The Labute approximate surface area is 54.8 Å². The maximum absolute atomic E-state index is 5.56. The summed E-state index contributed by atoms with van der Waals surface area (Å²) in [6.45, 7) is 1.93. The summed E-state index contributed by atoms with van der Waals surface area (Å²) in [5.74, 6) is 0. The van der Waals surface area contributed by atoms with Gasteiger partial charge in [-0.3, -0.25) is 0 Å². The monoisotopic (exact) mass is 125 g/mol. The van der Waals surface area contributed by atoms with Crippen LogP contribution in [0.25, 0.3) is 0 Å². The summed E-state index contributed by atoms with van der Waals surface area (Å²) < 4.78 is 0. The zero-order valence-corrected chi connectivity index (χ0v) is 5.41. The molecule has 0 fully saturated rings. The van der Waals surface area contributed by atoms with Crippen molar-refractivity contribution in [2.75, 3.05) is 0 Å². The highest BCUT2D eigenvalue weighted by molar-refractivity contribution is 4.99. The molecule has 0 saturated heterocycles. The Bertz CT molecular complexity index is 125. The van der Waals surface area contributed by atoms with Gasteiger partial charge in [-0.15, -0.1) is 0 Å². The van der Waals surface area contributed by atoms with Crippen molar-refractivity contribution >= 4 is 0 Å². The lowest BCUT2D eigenvalue weighted by molar-refractivity contribution is 0.392. The zero-order valence-electron chi connectivity index (χ0n) is 5.41. The van der Waals surface area contributed by atoms with Crippen molar-refractivity contribution in [3.8, 4) is 0 Å². The predicted octanol–water partition coefficient (Wildman–Crippen LogP) is 0.139. The first-order valence-electron chi connectivity index (χ1n) is 2.93. The normalized spacial score (nSPS) is 19.6. The molecule has 3 heteroatoms. The van der Waals surface area contributed by atoms with E-state index in [-0.39, 0.29) is 6.17 Å². The molecule has 1 aliphatic heterocycles. The van der Waals surface area contributed by atoms with Gasteiger partial charge in [-0.05, 0) is 6.92 Å². The fourth-order valence-electron chi connectivity index (χ4n) is 0.635. The number of nitrogens with two attached hydrogens (primary N) is 1. The second-order valence-electron chi connectivity index (χ2n) is 1.99. The van der Waals surface area contributed by atoms with Crippen LogP contribution in [-0.4, -0.2) is 11.1 Å². The minimum atomic E-state index is 0.0552. The van der Waals surface area contributed by atoms with E-state index in [1.807, 2.05) is 36.6 Å². The molecule has 1 unspecified atom stereocenters. The highest BCUT2D eigenvalue weighted by Gasteiger charge is 2.00. The Morgan fingerprint density at radius 2 is 2.00 bits per heavy atom. The Kier molecular flexibility index (Phi) is 1.75. The molecule has 0 aliphatic carbocycles. The summed E-state index contributed by atoms with van der Waals surface area (Å²) >= 11 is 0. The van der Waals surface area contributed by atoms with Gasteiger partial charge in [0, 0.05) is 24.8 Å². The van der Waals surface area contributed by atoms with Crippen LogP contribution in [0.1, 0.15) is 6.92 Å². The van der Waals surface area contributed by atoms with E-state index in [1.54, 1.807) is 0 Å². The van der Waals surface area contributed by atoms with Crippen molar-refractivity contribution in [3.63, 3.8) is 0 Å². The molecule has 1 heterocycles. The molecule has 1 rings (SSSR count). The number of nitrogens with one attached hydrogen (secondary N) is 1. The van der Waals surface area contributed by atoms with E-state index in [9.17, 15) is 0 Å². The molecule has 1 atom stereocenters. The highest BCUT2D eigenvalue weighted by atomic mass is 15.2. The standard InChI is InChI=1S/C6H11N3/c1-6(7)9-4-2-8-3-5-9/h2-6,8H,7H2,1H3. The fourth-order valence-corrected chi connectivity index (χ4v) is 0.635. The van der Waals surface area contributed by atoms with E-state index in [2.05, 4.69) is 5.32 Å². The molecule has 0 amide bonds. The van der Waals surface area contributed by atoms with Gasteiger partial charge in [0.05, 0.1) is 6.17 Å². The highest BCUT2D eigenvalue weighted by Crippen LogP contribution is 1.97. The Hall–Kier alpha value is -0.960. The molecule has 50 valence electrons. The van der Waals surface area contributed by atoms with Gasteiger partial charge >= 0.3 is 0 Å². The quantitative estimate of drug-likeness (QED) is 0.523. The number of hydrogen-bond acceptors (Lipinski definition) is 3. The molecule has 0 radical (unpaired) electrons. The molecule has 9 heavy (non-hydrogen) atoms. The van der Waals surface area contributed by atoms with E-state index in [0.717, 1.165) is 0 Å². The molecular weight excluding hydrogens is 114 g/mol. The van der Waals surface area contributed by atoms with E-state index in [4.69, 9.17) is 5.73 Å². The van der Waals surface area contributed by atoms with Crippen molar-refractivity contribution in [1.29, 1.82) is 0 Å². The van der Waals surface area contributed by atoms with Gasteiger partial charge in [0.15, 0.2) is 0 Å². The van der Waals surface area contributed by atoms with E-state index < -0.39 is 0 Å². The molecule has 0 bridgehead atoms. The second kappa shape index (κ2) is 2.55. The van der Waals surface area contributed by atoms with Gasteiger partial charge in [-0.1, -0.05) is 0 Å². The summed E-state index contributed by atoms with van der Waals surface area (Å²) in [5, 5.41) is 2.91. The summed E-state index contributed by atoms with van der Waals surface area (Å²) in [5.41, 5.74) is 5.56. The lowest BCUT2D eigenvalue weighted by Crippen LogP contribution is -2.33. The van der Waals surface area contributed by atoms with Crippen LogP contribution in [0.2, 0.25) is 0 Å². The number of nitrogens with zero attached hydrogens (tertiary/aromatic N) is 1. The third-order valence-corrected chi connectivity index (χ3v) is 1.16. The van der Waals surface area contributed by atoms with Crippen LogP contribution in [0.15, 0.2) is 24.8 Å². The molecule has 1 aliphatic rings. The van der Waals surface area contributed by atoms with Crippen molar-refractivity contribution in [2.24, 2.45) is 5.73 Å². The van der Waals surface area contributed by atoms with Gasteiger partial charge < -0.3 is 16.0 Å². The minimum absolute atomic E-state index is 0.0552. The Morgan fingerprint density at radius 1 is 1.44 bits per heavy atom. The van der Waals surface area contributed by atoms with Crippen LogP contribution < -0.4 is 11.1 Å². The third kappa shape index (κ3) is 1.47. The first kappa shape index (κ1) is 6.16. The largest absolute Gasteiger partial charge is 0.365 e. The van der Waals surface area contributed by atoms with Crippen molar-refractivity contribution in [3.05, 3.63) is 24.8 Å². The summed E-state index contributed by atoms with van der Waals surface area (Å²) in [7, 11) is 0. The van der Waals surface area contributed by atoms with Crippen molar-refractivity contribution in [1.82, 2.24) is 10.2 Å². The molecule has 0 aromatic heterocycles. The average molecular weight is 125 g/mol.